The maximum Gasteiger partial charge on any atom is 0.264 e. The Balaban J connectivity index is 1.43. The minimum atomic E-state index is -0.403. The van der Waals surface area contributed by atoms with E-state index in [1.165, 1.54) is 17.4 Å². The van der Waals surface area contributed by atoms with Gasteiger partial charge in [0.1, 0.15) is 16.5 Å². The summed E-state index contributed by atoms with van der Waals surface area (Å²) in [7, 11) is 1.54. The van der Waals surface area contributed by atoms with Gasteiger partial charge in [-0.05, 0) is 36.4 Å². The van der Waals surface area contributed by atoms with Crippen molar-refractivity contribution in [2.75, 3.05) is 25.6 Å². The molecular weight excluding hydrogens is 463 g/mol. The highest BCUT2D eigenvalue weighted by molar-refractivity contribution is 7.15. The smallest absolute Gasteiger partial charge is 0.264 e. The van der Waals surface area contributed by atoms with Crippen LogP contribution in [-0.2, 0) is 11.2 Å². The molecule has 3 aromatic rings. The number of aromatic nitrogens is 2. The number of methoxy groups -OCH3 is 1. The standard InChI is InChI=1S/C20H18Cl2N4O4S/c1-29-14-4-2-3-12(9-14)19(28)23-8-7-18-25-26-20(31-18)24-17(27)11-30-16-6-5-13(21)10-15(16)22/h2-6,9-10H,7-8,11H2,1H3,(H,23,28)(H,24,26,27). The molecule has 3 rings (SSSR count). The molecule has 0 radical (unpaired) electrons. The highest BCUT2D eigenvalue weighted by Gasteiger charge is 2.11. The lowest BCUT2D eigenvalue weighted by Gasteiger charge is -2.07. The second kappa shape index (κ2) is 10.9. The Morgan fingerprint density at radius 2 is 1.97 bits per heavy atom. The summed E-state index contributed by atoms with van der Waals surface area (Å²) >= 11 is 13.0. The summed E-state index contributed by atoms with van der Waals surface area (Å²) in [5, 5.41) is 15.2. The van der Waals surface area contributed by atoms with E-state index in [0.717, 1.165) is 0 Å². The zero-order valence-electron chi connectivity index (χ0n) is 16.4. The quantitative estimate of drug-likeness (QED) is 0.482. The van der Waals surface area contributed by atoms with Crippen molar-refractivity contribution in [1.29, 1.82) is 0 Å². The Bertz CT molecular complexity index is 1080. The van der Waals surface area contributed by atoms with Crippen LogP contribution in [0.15, 0.2) is 42.5 Å². The van der Waals surface area contributed by atoms with E-state index in [-0.39, 0.29) is 12.5 Å². The minimum absolute atomic E-state index is 0.213. The first-order valence-corrected chi connectivity index (χ1v) is 10.6. The van der Waals surface area contributed by atoms with Gasteiger partial charge < -0.3 is 14.8 Å². The summed E-state index contributed by atoms with van der Waals surface area (Å²) in [5.74, 6) is 0.348. The van der Waals surface area contributed by atoms with Crippen LogP contribution >= 0.6 is 34.5 Å². The molecular formula is C20H18Cl2N4O4S. The van der Waals surface area contributed by atoms with Gasteiger partial charge in [0.05, 0.1) is 12.1 Å². The summed E-state index contributed by atoms with van der Waals surface area (Å²) in [4.78, 5) is 24.3. The number of hydrogen-bond donors (Lipinski definition) is 2. The Kier molecular flexibility index (Phi) is 8.05. The zero-order chi connectivity index (χ0) is 22.2. The number of amides is 2. The molecule has 1 aromatic heterocycles. The molecule has 11 heteroatoms. The molecule has 0 bridgehead atoms. The lowest BCUT2D eigenvalue weighted by atomic mass is 10.2. The molecule has 0 atom stereocenters. The highest BCUT2D eigenvalue weighted by Crippen LogP contribution is 2.27. The Morgan fingerprint density at radius 1 is 1.13 bits per heavy atom. The van der Waals surface area contributed by atoms with Crippen LogP contribution < -0.4 is 20.1 Å². The molecule has 2 amide bonds. The predicted molar refractivity (Wildman–Crippen MR) is 120 cm³/mol. The second-order valence-corrected chi connectivity index (χ2v) is 8.06. The molecule has 0 spiro atoms. The van der Waals surface area contributed by atoms with Crippen LogP contribution in [0.5, 0.6) is 11.5 Å². The maximum absolute atomic E-state index is 12.2. The topological polar surface area (TPSA) is 102 Å². The number of carbonyl (C=O) groups excluding carboxylic acids is 2. The monoisotopic (exact) mass is 480 g/mol. The molecule has 2 N–H and O–H groups in total. The number of nitrogens with zero attached hydrogens (tertiary/aromatic N) is 2. The lowest BCUT2D eigenvalue weighted by Crippen LogP contribution is -2.25. The molecule has 0 saturated heterocycles. The van der Waals surface area contributed by atoms with Gasteiger partial charge in [-0.1, -0.05) is 40.6 Å². The largest absolute Gasteiger partial charge is 0.497 e. The van der Waals surface area contributed by atoms with Crippen molar-refractivity contribution in [3.63, 3.8) is 0 Å². The molecule has 31 heavy (non-hydrogen) atoms. The van der Waals surface area contributed by atoms with Gasteiger partial charge in [-0.2, -0.15) is 0 Å². The van der Waals surface area contributed by atoms with Crippen molar-refractivity contribution in [3.05, 3.63) is 63.1 Å². The van der Waals surface area contributed by atoms with Crippen molar-refractivity contribution < 1.29 is 19.1 Å². The lowest BCUT2D eigenvalue weighted by molar-refractivity contribution is -0.118. The number of ether oxygens (including phenoxy) is 2. The molecule has 0 aliphatic heterocycles. The molecule has 0 fully saturated rings. The number of benzene rings is 2. The van der Waals surface area contributed by atoms with Gasteiger partial charge in [0.25, 0.3) is 11.8 Å². The van der Waals surface area contributed by atoms with Crippen LogP contribution in [0.4, 0.5) is 5.13 Å². The number of nitrogens with one attached hydrogen (secondary N) is 2. The van der Waals surface area contributed by atoms with Crippen molar-refractivity contribution in [3.8, 4) is 11.5 Å². The summed E-state index contributed by atoms with van der Waals surface area (Å²) in [6, 6.07) is 11.6. The number of halogens is 2. The van der Waals surface area contributed by atoms with E-state index < -0.39 is 5.91 Å². The number of hydrogen-bond acceptors (Lipinski definition) is 7. The molecule has 0 aliphatic carbocycles. The van der Waals surface area contributed by atoms with Crippen LogP contribution in [0.1, 0.15) is 15.4 Å². The van der Waals surface area contributed by atoms with Crippen LogP contribution in [0.2, 0.25) is 10.0 Å². The Morgan fingerprint density at radius 3 is 2.74 bits per heavy atom. The van der Waals surface area contributed by atoms with Crippen LogP contribution in [0.25, 0.3) is 0 Å². The minimum Gasteiger partial charge on any atom is -0.497 e. The van der Waals surface area contributed by atoms with Crippen LogP contribution in [-0.4, -0.2) is 42.3 Å². The third-order valence-corrected chi connectivity index (χ3v) is 5.35. The average molecular weight is 481 g/mol. The number of carbonyl (C=O) groups is 2. The fraction of sp³-hybridized carbons (Fsp3) is 0.200. The van der Waals surface area contributed by atoms with Crippen LogP contribution in [0.3, 0.4) is 0 Å². The van der Waals surface area contributed by atoms with Gasteiger partial charge in [-0.25, -0.2) is 0 Å². The number of rotatable bonds is 9. The normalized spacial score (nSPS) is 10.4. The van der Waals surface area contributed by atoms with Gasteiger partial charge >= 0.3 is 0 Å². The van der Waals surface area contributed by atoms with Crippen molar-refractivity contribution in [2.24, 2.45) is 0 Å². The predicted octanol–water partition coefficient (Wildman–Crippen LogP) is 3.84. The van der Waals surface area contributed by atoms with Gasteiger partial charge in [-0.15, -0.1) is 10.2 Å². The Labute approximate surface area is 192 Å². The summed E-state index contributed by atoms with van der Waals surface area (Å²) in [6.07, 6.45) is 0.472. The van der Waals surface area contributed by atoms with Crippen molar-refractivity contribution >= 4 is 51.5 Å². The molecule has 2 aromatic carbocycles. The summed E-state index contributed by atoms with van der Waals surface area (Å²) in [6.45, 7) is 0.129. The third kappa shape index (κ3) is 6.81. The molecule has 1 heterocycles. The van der Waals surface area contributed by atoms with Crippen LogP contribution in [0, 0.1) is 0 Å². The SMILES string of the molecule is COc1cccc(C(=O)NCCc2nnc(NC(=O)COc3ccc(Cl)cc3Cl)s2)c1. The fourth-order valence-electron chi connectivity index (χ4n) is 2.45. The van der Waals surface area contributed by atoms with Crippen molar-refractivity contribution in [1.82, 2.24) is 15.5 Å². The van der Waals surface area contributed by atoms with E-state index >= 15 is 0 Å². The third-order valence-electron chi connectivity index (χ3n) is 3.92. The fourth-order valence-corrected chi connectivity index (χ4v) is 3.66. The first kappa shape index (κ1) is 22.8. The second-order valence-electron chi connectivity index (χ2n) is 6.15. The zero-order valence-corrected chi connectivity index (χ0v) is 18.7. The first-order valence-electron chi connectivity index (χ1n) is 9.07. The van der Waals surface area contributed by atoms with E-state index in [1.807, 2.05) is 0 Å². The summed E-state index contributed by atoms with van der Waals surface area (Å²) < 4.78 is 10.5. The van der Waals surface area contributed by atoms with Crippen molar-refractivity contribution in [2.45, 2.75) is 6.42 Å². The van der Waals surface area contributed by atoms with E-state index in [4.69, 9.17) is 32.7 Å². The van der Waals surface area contributed by atoms with E-state index in [0.29, 0.717) is 50.2 Å². The van der Waals surface area contributed by atoms with Gasteiger partial charge in [-0.3, -0.25) is 14.9 Å². The maximum atomic E-state index is 12.2. The highest BCUT2D eigenvalue weighted by atomic mass is 35.5. The van der Waals surface area contributed by atoms with Gasteiger partial charge in [0.2, 0.25) is 5.13 Å². The average Bonchev–Trinajstić information content (AvgIpc) is 3.20. The van der Waals surface area contributed by atoms with E-state index in [2.05, 4.69) is 20.8 Å². The molecule has 162 valence electrons. The van der Waals surface area contributed by atoms with Gasteiger partial charge in [0, 0.05) is 23.6 Å². The molecule has 0 saturated carbocycles. The van der Waals surface area contributed by atoms with Gasteiger partial charge in [0.15, 0.2) is 6.61 Å². The first-order chi connectivity index (χ1) is 14.9. The molecule has 8 nitrogen and oxygen atoms in total. The van der Waals surface area contributed by atoms with E-state index in [9.17, 15) is 9.59 Å². The summed E-state index contributed by atoms with van der Waals surface area (Å²) in [5.41, 5.74) is 0.505. The number of anilines is 1. The Hall–Kier alpha value is -2.88. The molecule has 0 aliphatic rings. The molecule has 0 unspecified atom stereocenters. The van der Waals surface area contributed by atoms with E-state index in [1.54, 1.807) is 43.5 Å².